The van der Waals surface area contributed by atoms with Gasteiger partial charge >= 0.3 is 0 Å². The molecule has 0 aromatic carbocycles. The Labute approximate surface area is 136 Å². The Morgan fingerprint density at radius 3 is 2.78 bits per heavy atom. The fourth-order valence-electron chi connectivity index (χ4n) is 2.76. The quantitative estimate of drug-likeness (QED) is 0.819. The van der Waals surface area contributed by atoms with Gasteiger partial charge in [-0.1, -0.05) is 6.92 Å². The average molecular weight is 323 g/mol. The molecule has 2 N–H and O–H groups in total. The van der Waals surface area contributed by atoms with E-state index in [2.05, 4.69) is 4.90 Å². The summed E-state index contributed by atoms with van der Waals surface area (Å²) in [5.74, 6) is 0.135. The van der Waals surface area contributed by atoms with Crippen LogP contribution in [0.1, 0.15) is 28.8 Å². The Balaban J connectivity index is 2.12. The van der Waals surface area contributed by atoms with E-state index in [4.69, 9.17) is 14.9 Å². The average Bonchev–Trinajstić information content (AvgIpc) is 2.86. The summed E-state index contributed by atoms with van der Waals surface area (Å²) >= 11 is 0. The SMILES string of the molecule is CCc1oc(C(=O)N(CC(N)=O)C[C@H]2CN(C)CCO2)cc1C. The van der Waals surface area contributed by atoms with Crippen molar-refractivity contribution < 1.29 is 18.7 Å². The number of rotatable bonds is 6. The summed E-state index contributed by atoms with van der Waals surface area (Å²) < 4.78 is 11.3. The molecule has 1 fully saturated rings. The number of likely N-dealkylation sites (N-methyl/N-ethyl adjacent to an activating group) is 1. The van der Waals surface area contributed by atoms with Crippen LogP contribution in [0.15, 0.2) is 10.5 Å². The molecule has 0 radical (unpaired) electrons. The number of furan rings is 1. The maximum Gasteiger partial charge on any atom is 0.290 e. The second kappa shape index (κ2) is 7.61. The molecule has 1 aliphatic heterocycles. The zero-order chi connectivity index (χ0) is 17.0. The second-order valence-corrected chi connectivity index (χ2v) is 5.98. The summed E-state index contributed by atoms with van der Waals surface area (Å²) in [5, 5.41) is 0. The van der Waals surface area contributed by atoms with E-state index < -0.39 is 5.91 Å². The third kappa shape index (κ3) is 4.56. The predicted molar refractivity (Wildman–Crippen MR) is 85.2 cm³/mol. The highest BCUT2D eigenvalue weighted by molar-refractivity contribution is 5.94. The van der Waals surface area contributed by atoms with Crippen molar-refractivity contribution in [1.29, 1.82) is 0 Å². The number of primary amides is 1. The zero-order valence-electron chi connectivity index (χ0n) is 14.0. The molecule has 1 aliphatic rings. The van der Waals surface area contributed by atoms with Gasteiger partial charge in [0, 0.05) is 26.1 Å². The lowest BCUT2D eigenvalue weighted by atomic mass is 10.2. The Hall–Kier alpha value is -1.86. The molecule has 7 nitrogen and oxygen atoms in total. The topological polar surface area (TPSA) is 89.0 Å². The molecule has 7 heteroatoms. The van der Waals surface area contributed by atoms with Crippen LogP contribution in [0.3, 0.4) is 0 Å². The minimum Gasteiger partial charge on any atom is -0.456 e. The number of carbonyl (C=O) groups is 2. The molecule has 2 rings (SSSR count). The van der Waals surface area contributed by atoms with Gasteiger partial charge in [-0.25, -0.2) is 0 Å². The molecule has 23 heavy (non-hydrogen) atoms. The normalized spacial score (nSPS) is 18.8. The molecule has 128 valence electrons. The van der Waals surface area contributed by atoms with Gasteiger partial charge in [-0.15, -0.1) is 0 Å². The molecule has 1 aromatic rings. The predicted octanol–water partition coefficient (Wildman–Crippen LogP) is 0.409. The van der Waals surface area contributed by atoms with Gasteiger partial charge in [0.15, 0.2) is 5.76 Å². The first-order chi connectivity index (χ1) is 10.9. The molecule has 2 heterocycles. The summed E-state index contributed by atoms with van der Waals surface area (Å²) in [4.78, 5) is 27.5. The lowest BCUT2D eigenvalue weighted by molar-refractivity contribution is -0.119. The fourth-order valence-corrected chi connectivity index (χ4v) is 2.76. The number of morpholine rings is 1. The Bertz CT molecular complexity index is 570. The molecular weight excluding hydrogens is 298 g/mol. The van der Waals surface area contributed by atoms with Gasteiger partial charge in [0.05, 0.1) is 19.3 Å². The number of hydrogen-bond donors (Lipinski definition) is 1. The van der Waals surface area contributed by atoms with E-state index in [0.29, 0.717) is 26.1 Å². The monoisotopic (exact) mass is 323 g/mol. The molecule has 0 unspecified atom stereocenters. The van der Waals surface area contributed by atoms with Gasteiger partial charge < -0.3 is 24.7 Å². The standard InChI is InChI=1S/C16H25N3O4/c1-4-13-11(2)7-14(23-13)16(21)19(10-15(17)20)9-12-8-18(3)5-6-22-12/h7,12H,4-6,8-10H2,1-3H3,(H2,17,20)/t12-/m1/s1. The second-order valence-electron chi connectivity index (χ2n) is 5.98. The summed E-state index contributed by atoms with van der Waals surface area (Å²) in [6.07, 6.45) is 0.574. The minimum atomic E-state index is -0.554. The van der Waals surface area contributed by atoms with Crippen LogP contribution in [0.25, 0.3) is 0 Å². The number of hydrogen-bond acceptors (Lipinski definition) is 5. The molecule has 1 atom stereocenters. The van der Waals surface area contributed by atoms with E-state index in [1.165, 1.54) is 4.90 Å². The van der Waals surface area contributed by atoms with E-state index in [9.17, 15) is 9.59 Å². The van der Waals surface area contributed by atoms with Crippen molar-refractivity contribution in [3.05, 3.63) is 23.2 Å². The third-order valence-corrected chi connectivity index (χ3v) is 3.95. The fraction of sp³-hybridized carbons (Fsp3) is 0.625. The van der Waals surface area contributed by atoms with Crippen LogP contribution in [-0.2, 0) is 16.0 Å². The molecule has 1 aromatic heterocycles. The van der Waals surface area contributed by atoms with Gasteiger partial charge in [-0.3, -0.25) is 9.59 Å². The molecule has 0 spiro atoms. The van der Waals surface area contributed by atoms with Crippen LogP contribution < -0.4 is 5.73 Å². The smallest absolute Gasteiger partial charge is 0.290 e. The molecule has 1 saturated heterocycles. The van der Waals surface area contributed by atoms with Crippen LogP contribution in [0, 0.1) is 6.92 Å². The van der Waals surface area contributed by atoms with Crippen molar-refractivity contribution in [3.8, 4) is 0 Å². The van der Waals surface area contributed by atoms with E-state index in [1.807, 2.05) is 20.9 Å². The number of nitrogens with zero attached hydrogens (tertiary/aromatic N) is 2. The molecule has 0 bridgehead atoms. The highest BCUT2D eigenvalue weighted by Gasteiger charge is 2.27. The Morgan fingerprint density at radius 2 is 2.22 bits per heavy atom. The first-order valence-corrected chi connectivity index (χ1v) is 7.87. The Kier molecular flexibility index (Phi) is 5.79. The highest BCUT2D eigenvalue weighted by atomic mass is 16.5. The number of aryl methyl sites for hydroxylation is 2. The number of ether oxygens (including phenoxy) is 1. The summed E-state index contributed by atoms with van der Waals surface area (Å²) in [7, 11) is 2.00. The highest BCUT2D eigenvalue weighted by Crippen LogP contribution is 2.17. The van der Waals surface area contributed by atoms with Gasteiger partial charge in [0.2, 0.25) is 5.91 Å². The molecule has 0 aliphatic carbocycles. The van der Waals surface area contributed by atoms with Crippen LogP contribution in [0.2, 0.25) is 0 Å². The first kappa shape index (κ1) is 17.5. The van der Waals surface area contributed by atoms with Crippen molar-refractivity contribution in [2.75, 3.05) is 39.8 Å². The third-order valence-electron chi connectivity index (χ3n) is 3.95. The molecule has 0 saturated carbocycles. The maximum atomic E-state index is 12.7. The zero-order valence-corrected chi connectivity index (χ0v) is 14.0. The lowest BCUT2D eigenvalue weighted by Crippen LogP contribution is -2.49. The number of amides is 2. The van der Waals surface area contributed by atoms with Gasteiger partial charge in [-0.05, 0) is 25.6 Å². The summed E-state index contributed by atoms with van der Waals surface area (Å²) in [6.45, 7) is 6.21. The van der Waals surface area contributed by atoms with Gasteiger partial charge in [0.25, 0.3) is 5.91 Å². The van der Waals surface area contributed by atoms with Gasteiger partial charge in [-0.2, -0.15) is 0 Å². The lowest BCUT2D eigenvalue weighted by Gasteiger charge is -2.33. The Morgan fingerprint density at radius 1 is 1.48 bits per heavy atom. The number of carbonyl (C=O) groups excluding carboxylic acids is 2. The molecular formula is C16H25N3O4. The van der Waals surface area contributed by atoms with Crippen molar-refractivity contribution in [1.82, 2.24) is 9.80 Å². The summed E-state index contributed by atoms with van der Waals surface area (Å²) in [6, 6.07) is 1.71. The van der Waals surface area contributed by atoms with E-state index in [-0.39, 0.29) is 24.3 Å². The first-order valence-electron chi connectivity index (χ1n) is 7.87. The minimum absolute atomic E-state index is 0.140. The van der Waals surface area contributed by atoms with Crippen molar-refractivity contribution in [2.24, 2.45) is 5.73 Å². The largest absolute Gasteiger partial charge is 0.456 e. The van der Waals surface area contributed by atoms with Gasteiger partial charge in [0.1, 0.15) is 5.76 Å². The van der Waals surface area contributed by atoms with E-state index in [1.54, 1.807) is 6.07 Å². The van der Waals surface area contributed by atoms with Crippen molar-refractivity contribution in [3.63, 3.8) is 0 Å². The maximum absolute atomic E-state index is 12.7. The van der Waals surface area contributed by atoms with Crippen LogP contribution >= 0.6 is 0 Å². The van der Waals surface area contributed by atoms with Crippen LogP contribution in [0.5, 0.6) is 0 Å². The van der Waals surface area contributed by atoms with Crippen molar-refractivity contribution >= 4 is 11.8 Å². The van der Waals surface area contributed by atoms with Crippen LogP contribution in [0.4, 0.5) is 0 Å². The molecule has 2 amide bonds. The number of nitrogens with two attached hydrogens (primary N) is 1. The van der Waals surface area contributed by atoms with E-state index >= 15 is 0 Å². The van der Waals surface area contributed by atoms with E-state index in [0.717, 1.165) is 17.9 Å². The summed E-state index contributed by atoms with van der Waals surface area (Å²) in [5.41, 5.74) is 6.22. The van der Waals surface area contributed by atoms with Crippen molar-refractivity contribution in [2.45, 2.75) is 26.4 Å². The van der Waals surface area contributed by atoms with Crippen LogP contribution in [-0.4, -0.2) is 67.6 Å².